The maximum Gasteiger partial charge on any atom is 0.266 e. The molecule has 1 amide bonds. The molecule has 8 heteroatoms. The molecule has 4 rings (SSSR count). The highest BCUT2D eigenvalue weighted by atomic mass is 32.2. The van der Waals surface area contributed by atoms with Crippen molar-refractivity contribution in [1.82, 2.24) is 14.5 Å². The van der Waals surface area contributed by atoms with E-state index in [1.807, 2.05) is 50.2 Å². The minimum atomic E-state index is -0.467. The number of aryl methyl sites for hydroxylation is 1. The van der Waals surface area contributed by atoms with Crippen molar-refractivity contribution in [3.8, 4) is 11.4 Å². The summed E-state index contributed by atoms with van der Waals surface area (Å²) in [5.41, 5.74) is 2.83. The fraction of sp³-hybridized carbons (Fsp3) is 0.222. The molecule has 0 atom stereocenters. The van der Waals surface area contributed by atoms with E-state index in [9.17, 15) is 14.0 Å². The summed E-state index contributed by atoms with van der Waals surface area (Å²) in [6.07, 6.45) is 0. The Labute approximate surface area is 207 Å². The van der Waals surface area contributed by atoms with Crippen molar-refractivity contribution < 1.29 is 13.9 Å². The van der Waals surface area contributed by atoms with E-state index in [0.29, 0.717) is 33.9 Å². The maximum atomic E-state index is 14.1. The number of amides is 1. The van der Waals surface area contributed by atoms with E-state index >= 15 is 0 Å². The molecule has 35 heavy (non-hydrogen) atoms. The van der Waals surface area contributed by atoms with Crippen molar-refractivity contribution in [3.63, 3.8) is 0 Å². The van der Waals surface area contributed by atoms with E-state index < -0.39 is 5.82 Å². The Bertz CT molecular complexity index is 1420. The van der Waals surface area contributed by atoms with Crippen molar-refractivity contribution >= 4 is 28.6 Å². The molecule has 0 spiro atoms. The summed E-state index contributed by atoms with van der Waals surface area (Å²) in [4.78, 5) is 32.8. The molecule has 0 bridgehead atoms. The van der Waals surface area contributed by atoms with E-state index in [1.54, 1.807) is 33.7 Å². The summed E-state index contributed by atoms with van der Waals surface area (Å²) >= 11 is 1.21. The highest BCUT2D eigenvalue weighted by molar-refractivity contribution is 7.99. The third-order valence-electron chi connectivity index (χ3n) is 5.69. The van der Waals surface area contributed by atoms with Crippen LogP contribution in [0.25, 0.3) is 16.6 Å². The third-order valence-corrected chi connectivity index (χ3v) is 6.61. The maximum absolute atomic E-state index is 14.1. The van der Waals surface area contributed by atoms with Crippen LogP contribution in [0.15, 0.2) is 76.7 Å². The summed E-state index contributed by atoms with van der Waals surface area (Å²) in [7, 11) is 1.41. The van der Waals surface area contributed by atoms with Gasteiger partial charge >= 0.3 is 0 Å². The SMILES string of the molecule is CCN(Cc1ccc(OC)c(F)c1)C(=O)CSc1nc2ccccc2c(=O)n1-c1ccc(C)cc1. The zero-order chi connectivity index (χ0) is 24.9. The van der Waals surface area contributed by atoms with Crippen LogP contribution in [0, 0.1) is 12.7 Å². The van der Waals surface area contributed by atoms with Gasteiger partial charge in [0.1, 0.15) is 0 Å². The topological polar surface area (TPSA) is 64.4 Å². The highest BCUT2D eigenvalue weighted by Crippen LogP contribution is 2.23. The third kappa shape index (κ3) is 5.38. The number of methoxy groups -OCH3 is 1. The molecule has 0 saturated carbocycles. The van der Waals surface area contributed by atoms with Gasteiger partial charge in [-0.3, -0.25) is 14.2 Å². The Balaban J connectivity index is 1.60. The molecule has 0 aliphatic carbocycles. The number of fused-ring (bicyclic) bond motifs is 1. The summed E-state index contributed by atoms with van der Waals surface area (Å²) < 4.78 is 20.6. The lowest BCUT2D eigenvalue weighted by atomic mass is 10.2. The molecule has 3 aromatic carbocycles. The van der Waals surface area contributed by atoms with Crippen LogP contribution in [0.5, 0.6) is 5.75 Å². The van der Waals surface area contributed by atoms with Gasteiger partial charge in [0.05, 0.1) is 29.5 Å². The van der Waals surface area contributed by atoms with Crippen molar-refractivity contribution in [2.24, 2.45) is 0 Å². The van der Waals surface area contributed by atoms with E-state index in [-0.39, 0.29) is 29.5 Å². The number of rotatable bonds is 8. The van der Waals surface area contributed by atoms with Gasteiger partial charge in [0, 0.05) is 13.1 Å². The Morgan fingerprint density at radius 1 is 1.11 bits per heavy atom. The zero-order valence-electron chi connectivity index (χ0n) is 19.8. The smallest absolute Gasteiger partial charge is 0.266 e. The van der Waals surface area contributed by atoms with Crippen LogP contribution in [-0.4, -0.2) is 39.8 Å². The van der Waals surface area contributed by atoms with E-state index in [0.717, 1.165) is 5.56 Å². The van der Waals surface area contributed by atoms with Crippen LogP contribution in [0.3, 0.4) is 0 Å². The van der Waals surface area contributed by atoms with Crippen molar-refractivity contribution in [3.05, 3.63) is 94.0 Å². The molecule has 0 aliphatic rings. The Hall–Kier alpha value is -3.65. The van der Waals surface area contributed by atoms with Crippen LogP contribution in [0.4, 0.5) is 4.39 Å². The zero-order valence-corrected chi connectivity index (χ0v) is 20.6. The van der Waals surface area contributed by atoms with Gasteiger partial charge in [-0.15, -0.1) is 0 Å². The average Bonchev–Trinajstić information content (AvgIpc) is 2.87. The summed E-state index contributed by atoms with van der Waals surface area (Å²) in [6, 6.07) is 19.5. The Morgan fingerprint density at radius 3 is 2.54 bits per heavy atom. The van der Waals surface area contributed by atoms with Gasteiger partial charge in [-0.05, 0) is 55.8 Å². The van der Waals surface area contributed by atoms with Gasteiger partial charge in [-0.1, -0.05) is 47.7 Å². The van der Waals surface area contributed by atoms with Crippen molar-refractivity contribution in [1.29, 1.82) is 0 Å². The number of thioether (sulfide) groups is 1. The lowest BCUT2D eigenvalue weighted by Gasteiger charge is -2.21. The molecular formula is C27H26FN3O3S. The van der Waals surface area contributed by atoms with Crippen LogP contribution in [0.2, 0.25) is 0 Å². The van der Waals surface area contributed by atoms with Gasteiger partial charge in [0.25, 0.3) is 5.56 Å². The predicted molar refractivity (Wildman–Crippen MR) is 137 cm³/mol. The number of carbonyl (C=O) groups excluding carboxylic acids is 1. The molecule has 180 valence electrons. The van der Waals surface area contributed by atoms with Crippen molar-refractivity contribution in [2.75, 3.05) is 19.4 Å². The van der Waals surface area contributed by atoms with Crippen LogP contribution >= 0.6 is 11.8 Å². The number of hydrogen-bond acceptors (Lipinski definition) is 5. The molecule has 6 nitrogen and oxygen atoms in total. The number of halogens is 1. The van der Waals surface area contributed by atoms with Crippen LogP contribution in [-0.2, 0) is 11.3 Å². The number of aromatic nitrogens is 2. The first-order chi connectivity index (χ1) is 16.9. The number of benzene rings is 3. The molecule has 1 heterocycles. The van der Waals surface area contributed by atoms with Gasteiger partial charge in [0.15, 0.2) is 16.7 Å². The number of nitrogens with zero attached hydrogens (tertiary/aromatic N) is 3. The summed E-state index contributed by atoms with van der Waals surface area (Å²) in [5.74, 6) is -0.351. The number of ether oxygens (including phenoxy) is 1. The van der Waals surface area contributed by atoms with Gasteiger partial charge in [-0.25, -0.2) is 9.37 Å². The number of para-hydroxylation sites is 1. The monoisotopic (exact) mass is 491 g/mol. The van der Waals surface area contributed by atoms with E-state index in [2.05, 4.69) is 0 Å². The first-order valence-electron chi connectivity index (χ1n) is 11.2. The van der Waals surface area contributed by atoms with Crippen molar-refractivity contribution in [2.45, 2.75) is 25.5 Å². The average molecular weight is 492 g/mol. The molecule has 1 aromatic heterocycles. The number of carbonyl (C=O) groups is 1. The van der Waals surface area contributed by atoms with Gasteiger partial charge in [0.2, 0.25) is 5.91 Å². The molecule has 0 aliphatic heterocycles. The summed E-state index contributed by atoms with van der Waals surface area (Å²) in [6.45, 7) is 4.59. The lowest BCUT2D eigenvalue weighted by molar-refractivity contribution is -0.128. The second-order valence-corrected chi connectivity index (χ2v) is 9.00. The number of hydrogen-bond donors (Lipinski definition) is 0. The standard InChI is InChI=1S/C27H26FN3O3S/c1-4-30(16-19-11-14-24(34-3)22(28)15-19)25(32)17-35-27-29-23-8-6-5-7-21(23)26(33)31(27)20-12-9-18(2)10-13-20/h5-15H,4,16-17H2,1-3H3. The van der Waals surface area contributed by atoms with Gasteiger partial charge in [-0.2, -0.15) is 0 Å². The second kappa shape index (κ2) is 10.7. The summed E-state index contributed by atoms with van der Waals surface area (Å²) in [5, 5.41) is 0.956. The van der Waals surface area contributed by atoms with E-state index in [1.165, 1.54) is 24.9 Å². The largest absolute Gasteiger partial charge is 0.494 e. The molecule has 0 unspecified atom stereocenters. The van der Waals surface area contributed by atoms with Crippen LogP contribution in [0.1, 0.15) is 18.1 Å². The fourth-order valence-electron chi connectivity index (χ4n) is 3.75. The normalized spacial score (nSPS) is 11.0. The first kappa shape index (κ1) is 24.5. The van der Waals surface area contributed by atoms with Gasteiger partial charge < -0.3 is 9.64 Å². The quantitative estimate of drug-likeness (QED) is 0.257. The predicted octanol–water partition coefficient (Wildman–Crippen LogP) is 4.98. The molecule has 0 fully saturated rings. The Morgan fingerprint density at radius 2 is 1.86 bits per heavy atom. The first-order valence-corrected chi connectivity index (χ1v) is 12.2. The lowest BCUT2D eigenvalue weighted by Crippen LogP contribution is -2.32. The molecule has 0 radical (unpaired) electrons. The fourth-order valence-corrected chi connectivity index (χ4v) is 4.67. The molecule has 4 aromatic rings. The van der Waals surface area contributed by atoms with Crippen LogP contribution < -0.4 is 10.3 Å². The van der Waals surface area contributed by atoms with E-state index in [4.69, 9.17) is 9.72 Å². The molecule has 0 N–H and O–H groups in total. The Kier molecular flexibility index (Phi) is 7.51. The molecular weight excluding hydrogens is 465 g/mol. The minimum absolute atomic E-state index is 0.0864. The highest BCUT2D eigenvalue weighted by Gasteiger charge is 2.18. The second-order valence-electron chi connectivity index (χ2n) is 8.05. The molecule has 0 saturated heterocycles. The minimum Gasteiger partial charge on any atom is -0.494 e.